The van der Waals surface area contributed by atoms with Crippen LogP contribution in [0, 0.1) is 0 Å². The van der Waals surface area contributed by atoms with Crippen molar-refractivity contribution in [3.05, 3.63) is 63.8 Å². The molecular weight excluding hydrogens is 445 g/mol. The third-order valence-corrected chi connectivity index (χ3v) is 5.04. The molecule has 0 atom stereocenters. The highest BCUT2D eigenvalue weighted by Gasteiger charge is 2.38. The second kappa shape index (κ2) is 6.35. The number of aromatic amines is 2. The summed E-state index contributed by atoms with van der Waals surface area (Å²) in [5.41, 5.74) is 0.690. The summed E-state index contributed by atoms with van der Waals surface area (Å²) < 4.78 is 41.4. The summed E-state index contributed by atoms with van der Waals surface area (Å²) in [7, 11) is 0. The lowest BCUT2D eigenvalue weighted by molar-refractivity contribution is -0.0697. The Morgan fingerprint density at radius 1 is 1.04 bits per heavy atom. The molecule has 2 heterocycles. The van der Waals surface area contributed by atoms with Crippen LogP contribution in [-0.2, 0) is 0 Å². The summed E-state index contributed by atoms with van der Waals surface area (Å²) in [6, 6.07) is 11.8. The molecule has 138 valence electrons. The van der Waals surface area contributed by atoms with Gasteiger partial charge in [0, 0.05) is 36.9 Å². The first-order valence-corrected chi connectivity index (χ1v) is 8.97. The van der Waals surface area contributed by atoms with E-state index >= 15 is 0 Å². The van der Waals surface area contributed by atoms with E-state index in [0.717, 1.165) is 15.4 Å². The van der Waals surface area contributed by atoms with E-state index in [0.29, 0.717) is 21.6 Å². The van der Waals surface area contributed by atoms with Gasteiger partial charge in [-0.15, -0.1) is 0 Å². The van der Waals surface area contributed by atoms with Gasteiger partial charge in [0.1, 0.15) is 0 Å². The van der Waals surface area contributed by atoms with Crippen molar-refractivity contribution in [3.63, 3.8) is 0 Å². The van der Waals surface area contributed by atoms with Gasteiger partial charge in [0.15, 0.2) is 0 Å². The summed E-state index contributed by atoms with van der Waals surface area (Å²) in [4.78, 5) is 6.15. The number of nitrogens with one attached hydrogen (secondary N) is 2. The molecule has 0 spiro atoms. The van der Waals surface area contributed by atoms with Gasteiger partial charge in [0.2, 0.25) is 0 Å². The molecule has 0 amide bonds. The molecule has 8 heteroatoms. The third-order valence-electron chi connectivity index (χ3n) is 4.32. The van der Waals surface area contributed by atoms with E-state index in [9.17, 15) is 18.3 Å². The standard InChI is InChI=1S/C19H11BrClF3N2O/c20-10-1-3-12-15(7-10)26-18(17(12)13(8-27)19(22,23)24)16-6-9-5-11(21)2-4-14(9)25-16/h1-8,25-27H. The maximum Gasteiger partial charge on any atom is 0.420 e. The minimum atomic E-state index is -4.72. The Labute approximate surface area is 164 Å². The van der Waals surface area contributed by atoms with Crippen molar-refractivity contribution in [1.29, 1.82) is 0 Å². The number of aromatic nitrogens is 2. The maximum atomic E-state index is 13.6. The molecule has 0 aliphatic carbocycles. The van der Waals surface area contributed by atoms with Crippen LogP contribution >= 0.6 is 27.5 Å². The molecule has 2 aromatic carbocycles. The van der Waals surface area contributed by atoms with Crippen molar-refractivity contribution in [1.82, 2.24) is 9.97 Å². The topological polar surface area (TPSA) is 51.8 Å². The first-order chi connectivity index (χ1) is 12.8. The number of hydrogen-bond donors (Lipinski definition) is 3. The Kier molecular flexibility index (Phi) is 4.24. The second-order valence-electron chi connectivity index (χ2n) is 6.02. The van der Waals surface area contributed by atoms with Crippen LogP contribution in [-0.4, -0.2) is 21.3 Å². The van der Waals surface area contributed by atoms with Gasteiger partial charge in [-0.05, 0) is 36.4 Å². The molecule has 0 unspecified atom stereocenters. The summed E-state index contributed by atoms with van der Waals surface area (Å²) in [6.07, 6.45) is -4.62. The van der Waals surface area contributed by atoms with Crippen LogP contribution in [0.2, 0.25) is 5.02 Å². The normalized spacial score (nSPS) is 13.0. The Morgan fingerprint density at radius 2 is 1.81 bits per heavy atom. The number of fused-ring (bicyclic) bond motifs is 2. The summed E-state index contributed by atoms with van der Waals surface area (Å²) in [5, 5.41) is 11.0. The van der Waals surface area contributed by atoms with Gasteiger partial charge in [0.05, 0.1) is 23.2 Å². The van der Waals surface area contributed by atoms with Gasteiger partial charge in [-0.2, -0.15) is 13.2 Å². The minimum Gasteiger partial charge on any atom is -0.515 e. The van der Waals surface area contributed by atoms with E-state index in [1.54, 1.807) is 42.5 Å². The van der Waals surface area contributed by atoms with Crippen molar-refractivity contribution in [2.24, 2.45) is 0 Å². The molecule has 0 aliphatic heterocycles. The Hall–Kier alpha value is -2.38. The van der Waals surface area contributed by atoms with Crippen LogP contribution in [0.15, 0.2) is 53.2 Å². The van der Waals surface area contributed by atoms with Crippen LogP contribution in [0.5, 0.6) is 0 Å². The van der Waals surface area contributed by atoms with Crippen LogP contribution in [0.1, 0.15) is 5.56 Å². The van der Waals surface area contributed by atoms with Gasteiger partial charge in [0.25, 0.3) is 0 Å². The van der Waals surface area contributed by atoms with Crippen molar-refractivity contribution < 1.29 is 18.3 Å². The highest BCUT2D eigenvalue weighted by Crippen LogP contribution is 2.43. The van der Waals surface area contributed by atoms with Crippen LogP contribution < -0.4 is 0 Å². The average Bonchev–Trinajstić information content (AvgIpc) is 3.15. The predicted molar refractivity (Wildman–Crippen MR) is 105 cm³/mol. The van der Waals surface area contributed by atoms with Gasteiger partial charge in [-0.25, -0.2) is 0 Å². The monoisotopic (exact) mass is 454 g/mol. The fourth-order valence-electron chi connectivity index (χ4n) is 3.17. The SMILES string of the molecule is OC=C(c1c(-c2cc3cc(Cl)ccc3[nH]2)[nH]c2cc(Br)ccc12)C(F)(F)F. The molecule has 4 rings (SSSR count). The molecule has 0 aliphatic rings. The fraction of sp³-hybridized carbons (Fsp3) is 0.0526. The highest BCUT2D eigenvalue weighted by molar-refractivity contribution is 9.10. The van der Waals surface area contributed by atoms with Gasteiger partial charge < -0.3 is 15.1 Å². The average molecular weight is 456 g/mol. The molecule has 0 bridgehead atoms. The fourth-order valence-corrected chi connectivity index (χ4v) is 3.71. The maximum absolute atomic E-state index is 13.6. The van der Waals surface area contributed by atoms with Gasteiger partial charge >= 0.3 is 6.18 Å². The zero-order valence-corrected chi connectivity index (χ0v) is 15.8. The lowest BCUT2D eigenvalue weighted by atomic mass is 10.0. The number of halogens is 5. The first kappa shape index (κ1) is 18.0. The molecule has 0 saturated heterocycles. The lowest BCUT2D eigenvalue weighted by Gasteiger charge is -2.11. The van der Waals surface area contributed by atoms with E-state index in [1.165, 1.54) is 0 Å². The number of alkyl halides is 3. The van der Waals surface area contributed by atoms with E-state index in [1.807, 2.05) is 0 Å². The van der Waals surface area contributed by atoms with Crippen molar-refractivity contribution in [2.45, 2.75) is 6.18 Å². The second-order valence-corrected chi connectivity index (χ2v) is 7.37. The molecule has 4 aromatic rings. The predicted octanol–water partition coefficient (Wildman–Crippen LogP) is 7.19. The van der Waals surface area contributed by atoms with E-state index in [4.69, 9.17) is 11.6 Å². The van der Waals surface area contributed by atoms with E-state index < -0.39 is 11.7 Å². The molecule has 3 N–H and O–H groups in total. The highest BCUT2D eigenvalue weighted by atomic mass is 79.9. The largest absolute Gasteiger partial charge is 0.515 e. The molecule has 0 saturated carbocycles. The van der Waals surface area contributed by atoms with Gasteiger partial charge in [-0.3, -0.25) is 0 Å². The molecule has 0 radical (unpaired) electrons. The van der Waals surface area contributed by atoms with Crippen molar-refractivity contribution >= 4 is 54.9 Å². The molecule has 27 heavy (non-hydrogen) atoms. The summed E-state index contributed by atoms with van der Waals surface area (Å²) in [6.45, 7) is 0. The molecule has 3 nitrogen and oxygen atoms in total. The van der Waals surface area contributed by atoms with Crippen molar-refractivity contribution in [2.75, 3.05) is 0 Å². The smallest absolute Gasteiger partial charge is 0.420 e. The molecular formula is C19H11BrClF3N2O. The first-order valence-electron chi connectivity index (χ1n) is 7.80. The minimum absolute atomic E-state index is 0.105. The Balaban J connectivity index is 2.05. The van der Waals surface area contributed by atoms with Gasteiger partial charge in [-0.1, -0.05) is 33.6 Å². The Morgan fingerprint density at radius 3 is 2.52 bits per heavy atom. The van der Waals surface area contributed by atoms with Crippen LogP contribution in [0.3, 0.4) is 0 Å². The van der Waals surface area contributed by atoms with Crippen LogP contribution in [0.4, 0.5) is 13.2 Å². The number of H-pyrrole nitrogens is 2. The number of aliphatic hydroxyl groups excluding tert-OH is 1. The quantitative estimate of drug-likeness (QED) is 0.275. The molecule has 0 fully saturated rings. The molecule has 2 aromatic heterocycles. The summed E-state index contributed by atoms with van der Waals surface area (Å²) in [5.74, 6) is 0. The van der Waals surface area contributed by atoms with Crippen LogP contribution in [0.25, 0.3) is 38.8 Å². The van der Waals surface area contributed by atoms with E-state index in [2.05, 4.69) is 25.9 Å². The zero-order valence-electron chi connectivity index (χ0n) is 13.5. The Bertz CT molecular complexity index is 1210. The lowest BCUT2D eigenvalue weighted by Crippen LogP contribution is -2.11. The van der Waals surface area contributed by atoms with Crippen molar-refractivity contribution in [3.8, 4) is 11.4 Å². The van der Waals surface area contributed by atoms with E-state index in [-0.39, 0.29) is 17.5 Å². The summed E-state index contributed by atoms with van der Waals surface area (Å²) >= 11 is 9.33. The number of benzene rings is 2. The number of rotatable bonds is 2. The number of allylic oxidation sites excluding steroid dienone is 1. The third kappa shape index (κ3) is 3.11. The number of aliphatic hydroxyl groups is 1. The number of hydrogen-bond acceptors (Lipinski definition) is 1. The zero-order chi connectivity index (χ0) is 19.3.